The third-order valence-electron chi connectivity index (χ3n) is 5.49. The van der Waals surface area contributed by atoms with Crippen LogP contribution in [0.4, 0.5) is 5.69 Å². The van der Waals surface area contributed by atoms with E-state index in [1.165, 1.54) is 0 Å². The van der Waals surface area contributed by atoms with Crippen molar-refractivity contribution >= 4 is 17.5 Å². The van der Waals surface area contributed by atoms with E-state index < -0.39 is 0 Å². The second kappa shape index (κ2) is 12.2. The van der Waals surface area contributed by atoms with Crippen molar-refractivity contribution < 1.29 is 19.1 Å². The molecule has 36 heavy (non-hydrogen) atoms. The van der Waals surface area contributed by atoms with Crippen molar-refractivity contribution in [3.05, 3.63) is 126 Å². The summed E-state index contributed by atoms with van der Waals surface area (Å²) in [5.41, 5.74) is 2.46. The molecule has 0 heterocycles. The van der Waals surface area contributed by atoms with E-state index in [0.717, 1.165) is 11.3 Å². The van der Waals surface area contributed by atoms with Gasteiger partial charge < -0.3 is 20.1 Å². The number of para-hydroxylation sites is 1. The molecule has 182 valence electrons. The van der Waals surface area contributed by atoms with E-state index in [1.54, 1.807) is 48.5 Å². The Labute approximate surface area is 210 Å². The Bertz CT molecular complexity index is 1290. The highest BCUT2D eigenvalue weighted by atomic mass is 16.5. The molecular weight excluding hydrogens is 452 g/mol. The van der Waals surface area contributed by atoms with Crippen molar-refractivity contribution in [2.75, 3.05) is 18.5 Å². The average molecular weight is 481 g/mol. The van der Waals surface area contributed by atoms with E-state index in [9.17, 15) is 9.59 Å². The highest BCUT2D eigenvalue weighted by molar-refractivity contribution is 6.05. The summed E-state index contributed by atoms with van der Waals surface area (Å²) in [4.78, 5) is 25.6. The molecule has 0 saturated heterocycles. The van der Waals surface area contributed by atoms with Gasteiger partial charge in [-0.15, -0.1) is 0 Å². The summed E-state index contributed by atoms with van der Waals surface area (Å²) in [6.07, 6.45) is 0. The fourth-order valence-electron chi connectivity index (χ4n) is 3.61. The molecule has 1 unspecified atom stereocenters. The number of hydrogen-bond acceptors (Lipinski definition) is 4. The number of rotatable bonds is 10. The lowest BCUT2D eigenvalue weighted by atomic mass is 10.1. The molecule has 6 heteroatoms. The Kier molecular flexibility index (Phi) is 8.33. The molecule has 2 amide bonds. The number of anilines is 1. The summed E-state index contributed by atoms with van der Waals surface area (Å²) >= 11 is 0. The second-order valence-corrected chi connectivity index (χ2v) is 8.18. The van der Waals surface area contributed by atoms with Gasteiger partial charge in [0.2, 0.25) is 0 Å². The van der Waals surface area contributed by atoms with Gasteiger partial charge in [0, 0.05) is 16.8 Å². The van der Waals surface area contributed by atoms with Crippen LogP contribution in [0.15, 0.2) is 109 Å². The summed E-state index contributed by atoms with van der Waals surface area (Å²) in [5, 5.41) is 5.84. The van der Waals surface area contributed by atoms with E-state index in [-0.39, 0.29) is 17.9 Å². The van der Waals surface area contributed by atoms with Crippen LogP contribution in [-0.2, 0) is 0 Å². The van der Waals surface area contributed by atoms with Crippen molar-refractivity contribution in [1.29, 1.82) is 0 Å². The first-order valence-electron chi connectivity index (χ1n) is 11.8. The molecule has 0 radical (unpaired) electrons. The topological polar surface area (TPSA) is 76.7 Å². The standard InChI is InChI=1S/C30H28N2O4/c1-22(23-10-4-2-5-11-23)31-29(33)24-12-8-14-26(20-24)32-30(34)25-13-9-17-28(21-25)36-19-18-35-27-15-6-3-7-16-27/h2-17,20-22H,18-19H2,1H3,(H,31,33)(H,32,34). The van der Waals surface area contributed by atoms with Gasteiger partial charge in [-0.3, -0.25) is 9.59 Å². The number of carbonyl (C=O) groups excluding carboxylic acids is 2. The molecule has 6 nitrogen and oxygen atoms in total. The average Bonchev–Trinajstić information content (AvgIpc) is 2.92. The maximum Gasteiger partial charge on any atom is 0.255 e. The molecule has 0 aromatic heterocycles. The summed E-state index contributed by atoms with van der Waals surface area (Å²) in [6, 6.07) is 32.9. The monoisotopic (exact) mass is 480 g/mol. The van der Waals surface area contributed by atoms with Crippen molar-refractivity contribution in [3.8, 4) is 11.5 Å². The van der Waals surface area contributed by atoms with Crippen molar-refractivity contribution in [2.24, 2.45) is 0 Å². The van der Waals surface area contributed by atoms with Crippen molar-refractivity contribution in [2.45, 2.75) is 13.0 Å². The Morgan fingerprint density at radius 3 is 1.97 bits per heavy atom. The zero-order valence-corrected chi connectivity index (χ0v) is 20.0. The third-order valence-corrected chi connectivity index (χ3v) is 5.49. The van der Waals surface area contributed by atoms with E-state index in [2.05, 4.69) is 10.6 Å². The van der Waals surface area contributed by atoms with Crippen LogP contribution in [0, 0.1) is 0 Å². The first kappa shape index (κ1) is 24.5. The molecular formula is C30H28N2O4. The highest BCUT2D eigenvalue weighted by Crippen LogP contribution is 2.18. The molecule has 0 fully saturated rings. The zero-order valence-electron chi connectivity index (χ0n) is 20.0. The lowest BCUT2D eigenvalue weighted by Gasteiger charge is -2.15. The predicted molar refractivity (Wildman–Crippen MR) is 141 cm³/mol. The summed E-state index contributed by atoms with van der Waals surface area (Å²) in [5.74, 6) is 0.841. The van der Waals surface area contributed by atoms with Gasteiger partial charge in [0.05, 0.1) is 6.04 Å². The maximum absolute atomic E-state index is 12.8. The van der Waals surface area contributed by atoms with Gasteiger partial charge in [-0.25, -0.2) is 0 Å². The molecule has 1 atom stereocenters. The van der Waals surface area contributed by atoms with Gasteiger partial charge in [-0.1, -0.05) is 60.7 Å². The highest BCUT2D eigenvalue weighted by Gasteiger charge is 2.13. The molecule has 0 bridgehead atoms. The Morgan fingerprint density at radius 2 is 1.25 bits per heavy atom. The molecule has 0 aliphatic rings. The van der Waals surface area contributed by atoms with Crippen LogP contribution >= 0.6 is 0 Å². The third kappa shape index (κ3) is 6.96. The zero-order chi connectivity index (χ0) is 25.2. The van der Waals surface area contributed by atoms with Gasteiger partial charge in [0.1, 0.15) is 24.7 Å². The molecule has 0 saturated carbocycles. The minimum atomic E-state index is -0.295. The lowest BCUT2D eigenvalue weighted by Crippen LogP contribution is -2.26. The normalized spacial score (nSPS) is 11.2. The minimum absolute atomic E-state index is 0.141. The first-order valence-corrected chi connectivity index (χ1v) is 11.8. The Morgan fingerprint density at radius 1 is 0.667 bits per heavy atom. The smallest absolute Gasteiger partial charge is 0.255 e. The van der Waals surface area contributed by atoms with Gasteiger partial charge in [0.15, 0.2) is 0 Å². The van der Waals surface area contributed by atoms with Gasteiger partial charge in [0.25, 0.3) is 11.8 Å². The van der Waals surface area contributed by atoms with Gasteiger partial charge in [-0.05, 0) is 61.0 Å². The van der Waals surface area contributed by atoms with Crippen LogP contribution < -0.4 is 20.1 Å². The van der Waals surface area contributed by atoms with E-state index in [0.29, 0.717) is 35.8 Å². The molecule has 2 N–H and O–H groups in total. The molecule has 0 aliphatic carbocycles. The van der Waals surface area contributed by atoms with Gasteiger partial charge in [-0.2, -0.15) is 0 Å². The summed E-state index contributed by atoms with van der Waals surface area (Å²) < 4.78 is 11.4. The number of amides is 2. The second-order valence-electron chi connectivity index (χ2n) is 8.18. The van der Waals surface area contributed by atoms with E-state index >= 15 is 0 Å². The fourth-order valence-corrected chi connectivity index (χ4v) is 3.61. The fraction of sp³-hybridized carbons (Fsp3) is 0.133. The minimum Gasteiger partial charge on any atom is -0.490 e. The molecule has 4 aromatic carbocycles. The Hall–Kier alpha value is -4.58. The van der Waals surface area contributed by atoms with Crippen molar-refractivity contribution in [3.63, 3.8) is 0 Å². The van der Waals surface area contributed by atoms with Gasteiger partial charge >= 0.3 is 0 Å². The molecule has 0 aliphatic heterocycles. The predicted octanol–water partition coefficient (Wildman–Crippen LogP) is 5.89. The first-order chi connectivity index (χ1) is 17.6. The van der Waals surface area contributed by atoms with Crippen LogP contribution in [-0.4, -0.2) is 25.0 Å². The number of carbonyl (C=O) groups is 2. The largest absolute Gasteiger partial charge is 0.490 e. The number of hydrogen-bond donors (Lipinski definition) is 2. The van der Waals surface area contributed by atoms with Crippen LogP contribution in [0.2, 0.25) is 0 Å². The molecule has 4 rings (SSSR count). The van der Waals surface area contributed by atoms with Crippen LogP contribution in [0.1, 0.15) is 39.2 Å². The summed E-state index contributed by atoms with van der Waals surface area (Å²) in [6.45, 7) is 2.67. The van der Waals surface area contributed by atoms with Crippen LogP contribution in [0.5, 0.6) is 11.5 Å². The van der Waals surface area contributed by atoms with Crippen LogP contribution in [0.25, 0.3) is 0 Å². The SMILES string of the molecule is CC(NC(=O)c1cccc(NC(=O)c2cccc(OCCOc3ccccc3)c2)c1)c1ccccc1. The molecule has 0 spiro atoms. The maximum atomic E-state index is 12.8. The number of ether oxygens (including phenoxy) is 2. The number of nitrogens with one attached hydrogen (secondary N) is 2. The van der Waals surface area contributed by atoms with Crippen molar-refractivity contribution in [1.82, 2.24) is 5.32 Å². The summed E-state index contributed by atoms with van der Waals surface area (Å²) in [7, 11) is 0. The van der Waals surface area contributed by atoms with E-state index in [1.807, 2.05) is 67.6 Å². The van der Waals surface area contributed by atoms with Crippen LogP contribution in [0.3, 0.4) is 0 Å². The quantitative estimate of drug-likeness (QED) is 0.278. The Balaban J connectivity index is 1.32. The number of benzene rings is 4. The molecule has 4 aromatic rings. The lowest BCUT2D eigenvalue weighted by molar-refractivity contribution is 0.0938. The van der Waals surface area contributed by atoms with E-state index in [4.69, 9.17) is 9.47 Å².